The Bertz CT molecular complexity index is 1300. The Morgan fingerprint density at radius 2 is 1.86 bits per heavy atom. The smallest absolute Gasteiger partial charge is 0.293 e. The van der Waals surface area contributed by atoms with Gasteiger partial charge in [0.1, 0.15) is 16.4 Å². The average molecular weight is 522 g/mol. The number of carbonyl (C=O) groups is 1. The average Bonchev–Trinajstić information content (AvgIpc) is 3.48. The molecule has 2 saturated heterocycles. The van der Waals surface area contributed by atoms with Crippen LogP contribution in [0.1, 0.15) is 35.0 Å². The second-order valence-electron chi connectivity index (χ2n) is 9.67. The second kappa shape index (κ2) is 10.3. The van der Waals surface area contributed by atoms with Crippen LogP contribution in [0.25, 0.3) is 0 Å². The highest BCUT2D eigenvalue weighted by Gasteiger charge is 2.29. The zero-order valence-electron chi connectivity index (χ0n) is 21.0. The summed E-state index contributed by atoms with van der Waals surface area (Å²) in [6.07, 6.45) is 1.98. The van der Waals surface area contributed by atoms with Gasteiger partial charge in [0.25, 0.3) is 5.69 Å². The first-order valence-electron chi connectivity index (χ1n) is 12.5. The van der Waals surface area contributed by atoms with Crippen LogP contribution < -0.4 is 20.9 Å². The summed E-state index contributed by atoms with van der Waals surface area (Å²) >= 11 is 1.14. The first-order chi connectivity index (χ1) is 17.8. The number of nitrogens with zero attached hydrogens (tertiary/aromatic N) is 5. The molecule has 2 aliphatic rings. The normalized spacial score (nSPS) is 18.3. The molecule has 0 saturated carbocycles. The Kier molecular flexibility index (Phi) is 6.98. The third kappa shape index (κ3) is 5.23. The van der Waals surface area contributed by atoms with E-state index in [0.29, 0.717) is 10.8 Å². The number of aromatic nitrogens is 1. The molecule has 3 aromatic rings. The lowest BCUT2D eigenvalue weighted by Crippen LogP contribution is -2.44. The molecule has 2 aromatic carbocycles. The van der Waals surface area contributed by atoms with Gasteiger partial charge in [0.05, 0.1) is 4.92 Å². The molecule has 194 valence electrons. The molecule has 0 radical (unpaired) electrons. The maximum absolute atomic E-state index is 13.3. The number of ketones is 1. The quantitative estimate of drug-likeness (QED) is 0.265. The lowest BCUT2D eigenvalue weighted by atomic mass is 10.1. The van der Waals surface area contributed by atoms with Gasteiger partial charge in [-0.1, -0.05) is 11.3 Å². The van der Waals surface area contributed by atoms with Crippen LogP contribution >= 0.6 is 11.3 Å². The molecule has 0 spiro atoms. The van der Waals surface area contributed by atoms with Gasteiger partial charge in [-0.2, -0.15) is 0 Å². The van der Waals surface area contributed by atoms with E-state index in [1.807, 2.05) is 17.0 Å². The van der Waals surface area contributed by atoms with Crippen LogP contribution in [-0.4, -0.2) is 66.4 Å². The highest BCUT2D eigenvalue weighted by molar-refractivity contribution is 7.18. The van der Waals surface area contributed by atoms with Crippen molar-refractivity contribution < 1.29 is 9.72 Å². The van der Waals surface area contributed by atoms with Crippen LogP contribution in [-0.2, 0) is 0 Å². The van der Waals surface area contributed by atoms with Crippen LogP contribution in [0.5, 0.6) is 0 Å². The van der Waals surface area contributed by atoms with Crippen molar-refractivity contribution in [2.75, 3.05) is 60.6 Å². The van der Waals surface area contributed by atoms with Gasteiger partial charge < -0.3 is 25.8 Å². The minimum Gasteiger partial charge on any atom is -0.382 e. The van der Waals surface area contributed by atoms with Crippen LogP contribution in [0.2, 0.25) is 0 Å². The van der Waals surface area contributed by atoms with Crippen molar-refractivity contribution in [3.05, 3.63) is 63.0 Å². The summed E-state index contributed by atoms with van der Waals surface area (Å²) < 4.78 is 0. The van der Waals surface area contributed by atoms with Gasteiger partial charge in [-0.25, -0.2) is 4.98 Å². The molecule has 1 atom stereocenters. The number of nitrogens with one attached hydrogen (secondary N) is 1. The van der Waals surface area contributed by atoms with Crippen LogP contribution in [0, 0.1) is 10.1 Å². The number of piperazine rings is 1. The third-order valence-electron chi connectivity index (χ3n) is 7.14. The predicted molar refractivity (Wildman–Crippen MR) is 149 cm³/mol. The number of anilines is 5. The van der Waals surface area contributed by atoms with E-state index in [-0.39, 0.29) is 33.8 Å². The van der Waals surface area contributed by atoms with Crippen molar-refractivity contribution in [2.24, 2.45) is 0 Å². The number of hydrogen-bond donors (Lipinski definition) is 2. The fourth-order valence-corrected chi connectivity index (χ4v) is 5.83. The molecule has 11 heteroatoms. The predicted octanol–water partition coefficient (Wildman–Crippen LogP) is 4.35. The van der Waals surface area contributed by atoms with Crippen molar-refractivity contribution in [1.29, 1.82) is 0 Å². The summed E-state index contributed by atoms with van der Waals surface area (Å²) in [5.41, 5.74) is 8.81. The molecule has 1 aromatic heterocycles. The molecule has 2 fully saturated rings. The number of nitrogens with two attached hydrogens (primary N) is 1. The van der Waals surface area contributed by atoms with Crippen molar-refractivity contribution in [3.8, 4) is 0 Å². The minimum absolute atomic E-state index is 0.0681. The lowest BCUT2D eigenvalue weighted by Gasteiger charge is -2.34. The lowest BCUT2D eigenvalue weighted by molar-refractivity contribution is -0.384. The number of hydrogen-bond acceptors (Lipinski definition) is 10. The molecule has 3 heterocycles. The molecule has 37 heavy (non-hydrogen) atoms. The van der Waals surface area contributed by atoms with Crippen molar-refractivity contribution >= 4 is 50.8 Å². The highest BCUT2D eigenvalue weighted by atomic mass is 32.1. The topological polar surface area (TPSA) is 121 Å². The van der Waals surface area contributed by atoms with E-state index in [1.54, 1.807) is 12.1 Å². The van der Waals surface area contributed by atoms with Gasteiger partial charge in [0, 0.05) is 61.8 Å². The van der Waals surface area contributed by atoms with E-state index >= 15 is 0 Å². The van der Waals surface area contributed by atoms with Gasteiger partial charge >= 0.3 is 0 Å². The van der Waals surface area contributed by atoms with Crippen LogP contribution in [0.4, 0.5) is 33.7 Å². The Morgan fingerprint density at radius 1 is 1.14 bits per heavy atom. The first kappa shape index (κ1) is 25.0. The summed E-state index contributed by atoms with van der Waals surface area (Å²) in [6.45, 7) is 6.89. The monoisotopic (exact) mass is 521 g/mol. The number of rotatable bonds is 7. The van der Waals surface area contributed by atoms with Gasteiger partial charge in [-0.15, -0.1) is 0 Å². The third-order valence-corrected chi connectivity index (χ3v) is 8.13. The van der Waals surface area contributed by atoms with Crippen LogP contribution in [0.15, 0.2) is 42.5 Å². The van der Waals surface area contributed by atoms with Gasteiger partial charge in [0.2, 0.25) is 5.78 Å². The first-order valence-corrected chi connectivity index (χ1v) is 13.3. The standard InChI is InChI=1S/C26H31N7O3S/c1-17-4-3-11-32(17)21-10-5-18(16-22(21)33(35)36)23(34)24-25(27)29-26(37-24)28-19-6-8-20(9-7-19)31-14-12-30(2)13-15-31/h5-10,16-17H,3-4,11-15,27H2,1-2H3,(H,28,29). The maximum Gasteiger partial charge on any atom is 0.293 e. The largest absolute Gasteiger partial charge is 0.382 e. The van der Waals surface area contributed by atoms with E-state index in [9.17, 15) is 14.9 Å². The fraction of sp³-hybridized carbons (Fsp3) is 0.385. The molecule has 1 unspecified atom stereocenters. The molecule has 10 nitrogen and oxygen atoms in total. The van der Waals surface area contributed by atoms with Gasteiger partial charge in [-0.05, 0) is 63.2 Å². The van der Waals surface area contributed by atoms with Crippen molar-refractivity contribution in [2.45, 2.75) is 25.8 Å². The van der Waals surface area contributed by atoms with Crippen molar-refractivity contribution in [3.63, 3.8) is 0 Å². The Labute approximate surface area is 219 Å². The molecule has 0 aliphatic carbocycles. The Hall–Kier alpha value is -3.70. The van der Waals surface area contributed by atoms with E-state index in [1.165, 1.54) is 11.8 Å². The summed E-state index contributed by atoms with van der Waals surface area (Å²) in [6, 6.07) is 13.0. The number of nitro groups is 1. The summed E-state index contributed by atoms with van der Waals surface area (Å²) in [5.74, 6) is -0.274. The van der Waals surface area contributed by atoms with Crippen LogP contribution in [0.3, 0.4) is 0 Å². The van der Waals surface area contributed by atoms with E-state index < -0.39 is 4.92 Å². The number of nitro benzene ring substituents is 1. The zero-order chi connectivity index (χ0) is 26.1. The second-order valence-corrected chi connectivity index (χ2v) is 10.7. The molecule has 3 N–H and O–H groups in total. The number of carbonyl (C=O) groups excluding carboxylic acids is 1. The summed E-state index contributed by atoms with van der Waals surface area (Å²) in [4.78, 5) is 36.0. The molecule has 5 rings (SSSR count). The molecular formula is C26H31N7O3S. The van der Waals surface area contributed by atoms with Crippen molar-refractivity contribution in [1.82, 2.24) is 9.88 Å². The van der Waals surface area contributed by atoms with E-state index in [0.717, 1.165) is 62.6 Å². The molecule has 0 bridgehead atoms. The minimum atomic E-state index is -0.425. The van der Waals surface area contributed by atoms with E-state index in [4.69, 9.17) is 5.73 Å². The molecular weight excluding hydrogens is 490 g/mol. The highest BCUT2D eigenvalue weighted by Crippen LogP contribution is 2.36. The number of benzene rings is 2. The van der Waals surface area contributed by atoms with Gasteiger partial charge in [0.15, 0.2) is 5.13 Å². The molecule has 0 amide bonds. The fourth-order valence-electron chi connectivity index (χ4n) is 4.97. The number of thiazole rings is 1. The SMILES string of the molecule is CC1CCCN1c1ccc(C(=O)c2sc(Nc3ccc(N4CCN(C)CC4)cc3)nc2N)cc1[N+](=O)[O-]. The Morgan fingerprint density at radius 3 is 2.51 bits per heavy atom. The zero-order valence-corrected chi connectivity index (χ0v) is 21.8. The summed E-state index contributed by atoms with van der Waals surface area (Å²) in [7, 11) is 2.13. The Balaban J connectivity index is 1.32. The molecule has 2 aliphatic heterocycles. The number of nitrogen functional groups attached to an aromatic ring is 1. The number of likely N-dealkylation sites (N-methyl/N-ethyl adjacent to an activating group) is 1. The van der Waals surface area contributed by atoms with Gasteiger partial charge in [-0.3, -0.25) is 14.9 Å². The van der Waals surface area contributed by atoms with E-state index in [2.05, 4.69) is 46.2 Å². The summed E-state index contributed by atoms with van der Waals surface area (Å²) in [5, 5.41) is 15.5. The maximum atomic E-state index is 13.3.